The highest BCUT2D eigenvalue weighted by Gasteiger charge is 2.21. The SMILES string of the molecule is Cc1cccc(NS(=O)(=O)c2cc(C(=O)NCCOc3ccc4ccccc4c3)ccc2Cl)c1C. The number of hydrogen-bond acceptors (Lipinski definition) is 4. The fourth-order valence-electron chi connectivity index (χ4n) is 3.60. The number of fused-ring (bicyclic) bond motifs is 1. The lowest BCUT2D eigenvalue weighted by Crippen LogP contribution is -2.28. The molecule has 0 saturated carbocycles. The van der Waals surface area contributed by atoms with E-state index >= 15 is 0 Å². The van der Waals surface area contributed by atoms with Gasteiger partial charge in [-0.25, -0.2) is 8.42 Å². The Balaban J connectivity index is 1.40. The maximum atomic E-state index is 13.0. The molecule has 0 radical (unpaired) electrons. The number of hydrogen-bond donors (Lipinski definition) is 2. The van der Waals surface area contributed by atoms with E-state index in [1.54, 1.807) is 12.1 Å². The Morgan fingerprint density at radius 1 is 0.914 bits per heavy atom. The van der Waals surface area contributed by atoms with Crippen molar-refractivity contribution in [2.24, 2.45) is 0 Å². The van der Waals surface area contributed by atoms with Crippen molar-refractivity contribution in [3.63, 3.8) is 0 Å². The van der Waals surface area contributed by atoms with Crippen LogP contribution < -0.4 is 14.8 Å². The first kappa shape index (κ1) is 24.6. The van der Waals surface area contributed by atoms with Crippen molar-refractivity contribution in [2.45, 2.75) is 18.7 Å². The number of anilines is 1. The molecule has 0 spiro atoms. The molecular formula is C27H25ClN2O4S. The number of rotatable bonds is 8. The van der Waals surface area contributed by atoms with Gasteiger partial charge in [0.25, 0.3) is 15.9 Å². The third kappa shape index (κ3) is 5.75. The number of ether oxygens (including phenoxy) is 1. The number of nitrogens with one attached hydrogen (secondary N) is 2. The highest BCUT2D eigenvalue weighted by molar-refractivity contribution is 7.92. The number of sulfonamides is 1. The van der Waals surface area contributed by atoms with Crippen molar-refractivity contribution in [3.8, 4) is 5.75 Å². The van der Waals surface area contributed by atoms with Crippen LogP contribution in [0.3, 0.4) is 0 Å². The molecule has 0 bridgehead atoms. The van der Waals surface area contributed by atoms with Crippen molar-refractivity contribution in [2.75, 3.05) is 17.9 Å². The molecule has 1 amide bonds. The summed E-state index contributed by atoms with van der Waals surface area (Å²) in [5.41, 5.74) is 2.41. The number of aryl methyl sites for hydroxylation is 1. The molecule has 0 saturated heterocycles. The van der Waals surface area contributed by atoms with E-state index in [1.807, 2.05) is 62.4 Å². The van der Waals surface area contributed by atoms with Gasteiger partial charge in [-0.15, -0.1) is 0 Å². The van der Waals surface area contributed by atoms with E-state index in [2.05, 4.69) is 10.0 Å². The lowest BCUT2D eigenvalue weighted by atomic mass is 10.1. The van der Waals surface area contributed by atoms with Gasteiger partial charge in [0.2, 0.25) is 0 Å². The molecule has 8 heteroatoms. The van der Waals surface area contributed by atoms with Crippen LogP contribution in [0.15, 0.2) is 83.8 Å². The van der Waals surface area contributed by atoms with Crippen LogP contribution in [0.4, 0.5) is 5.69 Å². The zero-order chi connectivity index (χ0) is 25.0. The van der Waals surface area contributed by atoms with Crippen LogP contribution in [-0.4, -0.2) is 27.5 Å². The Morgan fingerprint density at radius 2 is 1.69 bits per heavy atom. The van der Waals surface area contributed by atoms with E-state index in [1.165, 1.54) is 18.2 Å². The van der Waals surface area contributed by atoms with Gasteiger partial charge in [-0.3, -0.25) is 9.52 Å². The van der Waals surface area contributed by atoms with E-state index in [4.69, 9.17) is 16.3 Å². The molecule has 0 aliphatic heterocycles. The van der Waals surface area contributed by atoms with Crippen LogP contribution in [0.2, 0.25) is 5.02 Å². The van der Waals surface area contributed by atoms with Gasteiger partial charge in [0.15, 0.2) is 0 Å². The summed E-state index contributed by atoms with van der Waals surface area (Å²) in [7, 11) is -4.01. The molecule has 2 N–H and O–H groups in total. The molecular weight excluding hydrogens is 484 g/mol. The Bertz CT molecular complexity index is 1500. The van der Waals surface area contributed by atoms with Crippen LogP contribution in [0, 0.1) is 13.8 Å². The molecule has 0 aromatic heterocycles. The zero-order valence-electron chi connectivity index (χ0n) is 19.3. The number of amides is 1. The maximum Gasteiger partial charge on any atom is 0.263 e. The topological polar surface area (TPSA) is 84.5 Å². The molecule has 180 valence electrons. The summed E-state index contributed by atoms with van der Waals surface area (Å²) >= 11 is 6.19. The van der Waals surface area contributed by atoms with Crippen LogP contribution in [0.1, 0.15) is 21.5 Å². The maximum absolute atomic E-state index is 13.0. The van der Waals surface area contributed by atoms with Gasteiger partial charge in [0.1, 0.15) is 17.3 Å². The smallest absolute Gasteiger partial charge is 0.263 e. The summed E-state index contributed by atoms with van der Waals surface area (Å²) in [6.07, 6.45) is 0. The summed E-state index contributed by atoms with van der Waals surface area (Å²) in [5.74, 6) is 0.280. The molecule has 4 aromatic rings. The summed E-state index contributed by atoms with van der Waals surface area (Å²) in [6, 6.07) is 23.3. The number of halogens is 1. The van der Waals surface area contributed by atoms with Crippen LogP contribution in [-0.2, 0) is 10.0 Å². The van der Waals surface area contributed by atoms with Crippen molar-refractivity contribution >= 4 is 44.0 Å². The van der Waals surface area contributed by atoms with Gasteiger partial charge in [-0.1, -0.05) is 54.1 Å². The molecule has 35 heavy (non-hydrogen) atoms. The van der Waals surface area contributed by atoms with Gasteiger partial charge in [-0.2, -0.15) is 0 Å². The molecule has 0 aliphatic rings. The standard InChI is InChI=1S/C27H25ClN2O4S/c1-18-6-5-9-25(19(18)2)30-35(32,33)26-17-22(11-13-24(26)28)27(31)29-14-15-34-23-12-10-20-7-3-4-8-21(20)16-23/h3-13,16-17,30H,14-15H2,1-2H3,(H,29,31). The highest BCUT2D eigenvalue weighted by Crippen LogP contribution is 2.27. The van der Waals surface area contributed by atoms with Crippen molar-refractivity contribution in [1.29, 1.82) is 0 Å². The van der Waals surface area contributed by atoms with E-state index in [0.29, 0.717) is 11.4 Å². The van der Waals surface area contributed by atoms with Crippen molar-refractivity contribution in [1.82, 2.24) is 5.32 Å². The molecule has 6 nitrogen and oxygen atoms in total. The van der Waals surface area contributed by atoms with E-state index < -0.39 is 15.9 Å². The Hall–Kier alpha value is -3.55. The van der Waals surface area contributed by atoms with E-state index in [-0.39, 0.29) is 28.6 Å². The molecule has 4 rings (SSSR count). The first-order chi connectivity index (χ1) is 16.7. The lowest BCUT2D eigenvalue weighted by molar-refractivity contribution is 0.0947. The van der Waals surface area contributed by atoms with Gasteiger partial charge in [0.05, 0.1) is 17.3 Å². The van der Waals surface area contributed by atoms with Crippen molar-refractivity contribution < 1.29 is 17.9 Å². The number of carbonyl (C=O) groups is 1. The van der Waals surface area contributed by atoms with E-state index in [0.717, 1.165) is 21.9 Å². The third-order valence-corrected chi connectivity index (χ3v) is 7.56. The zero-order valence-corrected chi connectivity index (χ0v) is 20.9. The Morgan fingerprint density at radius 3 is 2.49 bits per heavy atom. The highest BCUT2D eigenvalue weighted by atomic mass is 35.5. The first-order valence-corrected chi connectivity index (χ1v) is 12.9. The largest absolute Gasteiger partial charge is 0.492 e. The van der Waals surface area contributed by atoms with E-state index in [9.17, 15) is 13.2 Å². The molecule has 0 unspecified atom stereocenters. The summed E-state index contributed by atoms with van der Waals surface area (Å²) in [4.78, 5) is 12.5. The van der Waals surface area contributed by atoms with Crippen LogP contribution in [0.25, 0.3) is 10.8 Å². The molecule has 4 aromatic carbocycles. The van der Waals surface area contributed by atoms with Gasteiger partial charge in [-0.05, 0) is 72.1 Å². The van der Waals surface area contributed by atoms with Crippen LogP contribution in [0.5, 0.6) is 5.75 Å². The normalized spacial score (nSPS) is 11.3. The average molecular weight is 509 g/mol. The minimum absolute atomic E-state index is 0.0268. The summed E-state index contributed by atoms with van der Waals surface area (Å²) in [5, 5.41) is 4.96. The van der Waals surface area contributed by atoms with Crippen molar-refractivity contribution in [3.05, 3.63) is 101 Å². The van der Waals surface area contributed by atoms with Gasteiger partial charge >= 0.3 is 0 Å². The first-order valence-electron chi connectivity index (χ1n) is 11.0. The summed E-state index contributed by atoms with van der Waals surface area (Å²) < 4.78 is 34.4. The fraction of sp³-hybridized carbons (Fsp3) is 0.148. The van der Waals surface area contributed by atoms with Gasteiger partial charge < -0.3 is 10.1 Å². The molecule has 0 fully saturated rings. The number of benzene rings is 4. The second-order valence-corrected chi connectivity index (χ2v) is 10.2. The lowest BCUT2D eigenvalue weighted by Gasteiger charge is -2.14. The van der Waals surface area contributed by atoms with Gasteiger partial charge in [0, 0.05) is 5.56 Å². The second kappa shape index (κ2) is 10.4. The minimum Gasteiger partial charge on any atom is -0.492 e. The predicted octanol–water partition coefficient (Wildman–Crippen LogP) is 5.72. The minimum atomic E-state index is -4.01. The Kier molecular flexibility index (Phi) is 7.28. The molecule has 0 aliphatic carbocycles. The number of carbonyl (C=O) groups excluding carboxylic acids is 1. The second-order valence-electron chi connectivity index (χ2n) is 8.11. The predicted molar refractivity (Wildman–Crippen MR) is 140 cm³/mol. The summed E-state index contributed by atoms with van der Waals surface area (Å²) in [6.45, 7) is 4.24. The van der Waals surface area contributed by atoms with Crippen LogP contribution >= 0.6 is 11.6 Å². The monoisotopic (exact) mass is 508 g/mol. The molecule has 0 heterocycles. The quantitative estimate of drug-likeness (QED) is 0.298. The average Bonchev–Trinajstić information content (AvgIpc) is 2.84. The third-order valence-electron chi connectivity index (χ3n) is 5.71. The Labute approximate surface area is 209 Å². The molecule has 0 atom stereocenters. The fourth-order valence-corrected chi connectivity index (χ4v) is 5.25.